The molecule has 17 heavy (non-hydrogen) atoms. The van der Waals surface area contributed by atoms with Crippen molar-refractivity contribution < 1.29 is 4.79 Å². The zero-order chi connectivity index (χ0) is 13.2. The molecular formula is C11H15Cl2N3O. The number of anilines is 1. The van der Waals surface area contributed by atoms with Crippen molar-refractivity contribution in [1.82, 2.24) is 4.98 Å². The zero-order valence-corrected chi connectivity index (χ0v) is 11.4. The van der Waals surface area contributed by atoms with Gasteiger partial charge in [0, 0.05) is 0 Å². The van der Waals surface area contributed by atoms with Crippen LogP contribution in [0.1, 0.15) is 20.8 Å². The minimum atomic E-state index is -0.969. The van der Waals surface area contributed by atoms with Gasteiger partial charge in [0.05, 0.1) is 11.2 Å². The fourth-order valence-corrected chi connectivity index (χ4v) is 1.42. The Kier molecular flexibility index (Phi) is 4.36. The highest BCUT2D eigenvalue weighted by Gasteiger charge is 2.32. The smallest absolute Gasteiger partial charge is 0.244 e. The summed E-state index contributed by atoms with van der Waals surface area (Å²) in [6.45, 7) is 5.42. The number of nitrogens with one attached hydrogen (secondary N) is 1. The highest BCUT2D eigenvalue weighted by Crippen LogP contribution is 2.23. The van der Waals surface area contributed by atoms with Gasteiger partial charge >= 0.3 is 0 Å². The largest absolute Gasteiger partial charge is 0.322 e. The van der Waals surface area contributed by atoms with E-state index in [-0.39, 0.29) is 22.1 Å². The maximum Gasteiger partial charge on any atom is 0.244 e. The molecule has 1 rings (SSSR count). The van der Waals surface area contributed by atoms with E-state index in [9.17, 15) is 4.79 Å². The first kappa shape index (κ1) is 14.2. The number of aromatic nitrogens is 1. The van der Waals surface area contributed by atoms with E-state index in [1.165, 1.54) is 0 Å². The van der Waals surface area contributed by atoms with Gasteiger partial charge in [0.25, 0.3) is 0 Å². The van der Waals surface area contributed by atoms with E-state index in [1.807, 2.05) is 13.8 Å². The second-order valence-electron chi connectivity index (χ2n) is 4.36. The normalized spacial score (nSPS) is 14.5. The Morgan fingerprint density at radius 1 is 1.47 bits per heavy atom. The van der Waals surface area contributed by atoms with Crippen LogP contribution in [0.15, 0.2) is 12.1 Å². The highest BCUT2D eigenvalue weighted by atomic mass is 35.5. The molecule has 1 aromatic heterocycles. The van der Waals surface area contributed by atoms with Gasteiger partial charge in [0.15, 0.2) is 5.15 Å². The average Bonchev–Trinajstić information content (AvgIpc) is 2.21. The molecule has 0 fully saturated rings. The van der Waals surface area contributed by atoms with Crippen LogP contribution in [-0.2, 0) is 4.79 Å². The van der Waals surface area contributed by atoms with Gasteiger partial charge in [-0.1, -0.05) is 37.0 Å². The highest BCUT2D eigenvalue weighted by molar-refractivity contribution is 6.34. The Hall–Kier alpha value is -0.840. The summed E-state index contributed by atoms with van der Waals surface area (Å²) in [6, 6.07) is 3.14. The molecule has 6 heteroatoms. The predicted molar refractivity (Wildman–Crippen MR) is 70.3 cm³/mol. The van der Waals surface area contributed by atoms with E-state index in [1.54, 1.807) is 19.1 Å². The predicted octanol–water partition coefficient (Wildman–Crippen LogP) is 2.70. The number of carbonyl (C=O) groups is 1. The SMILES string of the molecule is CC(C)[C@](C)(N)C(=O)Nc1ccc(Cl)nc1Cl. The molecule has 4 nitrogen and oxygen atoms in total. The lowest BCUT2D eigenvalue weighted by molar-refractivity contribution is -0.122. The number of halogens is 2. The van der Waals surface area contributed by atoms with Crippen LogP contribution < -0.4 is 11.1 Å². The number of nitrogens with zero attached hydrogens (tertiary/aromatic N) is 1. The average molecular weight is 276 g/mol. The summed E-state index contributed by atoms with van der Waals surface area (Å²) in [4.78, 5) is 15.8. The van der Waals surface area contributed by atoms with E-state index in [2.05, 4.69) is 10.3 Å². The standard InChI is InChI=1S/C11H15Cl2N3O/c1-6(2)11(3,14)10(17)15-7-4-5-8(12)16-9(7)13/h4-6H,14H2,1-3H3,(H,15,17)/t11-/m0/s1. The van der Waals surface area contributed by atoms with Crippen molar-refractivity contribution in [1.29, 1.82) is 0 Å². The Morgan fingerprint density at radius 2 is 2.06 bits per heavy atom. The Morgan fingerprint density at radius 3 is 2.53 bits per heavy atom. The minimum Gasteiger partial charge on any atom is -0.322 e. The molecule has 1 aromatic rings. The molecule has 0 aliphatic carbocycles. The van der Waals surface area contributed by atoms with Crippen molar-refractivity contribution in [2.24, 2.45) is 11.7 Å². The molecule has 0 radical (unpaired) electrons. The number of amides is 1. The first-order valence-corrected chi connectivity index (χ1v) is 5.93. The molecule has 1 heterocycles. The van der Waals surface area contributed by atoms with Gasteiger partial charge in [0.1, 0.15) is 5.15 Å². The van der Waals surface area contributed by atoms with Gasteiger partial charge in [-0.15, -0.1) is 0 Å². The number of rotatable bonds is 3. The van der Waals surface area contributed by atoms with Crippen LogP contribution in [0.2, 0.25) is 10.3 Å². The van der Waals surface area contributed by atoms with E-state index in [4.69, 9.17) is 28.9 Å². The summed E-state index contributed by atoms with van der Waals surface area (Å²) in [6.07, 6.45) is 0. The fourth-order valence-electron chi connectivity index (χ4n) is 1.02. The summed E-state index contributed by atoms with van der Waals surface area (Å²) in [7, 11) is 0. The summed E-state index contributed by atoms with van der Waals surface area (Å²) >= 11 is 11.5. The Bertz CT molecular complexity index is 433. The molecule has 0 saturated heterocycles. The number of pyridine rings is 1. The van der Waals surface area contributed by atoms with Crippen molar-refractivity contribution in [3.8, 4) is 0 Å². The van der Waals surface area contributed by atoms with Crippen molar-refractivity contribution in [3.05, 3.63) is 22.4 Å². The van der Waals surface area contributed by atoms with Gasteiger partial charge in [-0.3, -0.25) is 4.79 Å². The summed E-state index contributed by atoms with van der Waals surface area (Å²) < 4.78 is 0. The molecule has 0 aromatic carbocycles. The lowest BCUT2D eigenvalue weighted by atomic mass is 9.89. The topological polar surface area (TPSA) is 68.0 Å². The Balaban J connectivity index is 2.89. The van der Waals surface area contributed by atoms with E-state index in [0.29, 0.717) is 5.69 Å². The zero-order valence-electron chi connectivity index (χ0n) is 9.92. The maximum absolute atomic E-state index is 12.0. The summed E-state index contributed by atoms with van der Waals surface area (Å²) in [5, 5.41) is 3.06. The van der Waals surface area contributed by atoms with Crippen molar-refractivity contribution in [3.63, 3.8) is 0 Å². The van der Waals surface area contributed by atoms with Gasteiger partial charge in [0.2, 0.25) is 5.91 Å². The molecule has 1 atom stereocenters. The van der Waals surface area contributed by atoms with Crippen LogP contribution in [0.4, 0.5) is 5.69 Å². The first-order valence-electron chi connectivity index (χ1n) is 5.17. The molecule has 1 amide bonds. The second-order valence-corrected chi connectivity index (χ2v) is 5.11. The van der Waals surface area contributed by atoms with E-state index >= 15 is 0 Å². The van der Waals surface area contributed by atoms with Crippen LogP contribution in [0.3, 0.4) is 0 Å². The molecule has 0 saturated carbocycles. The number of hydrogen-bond donors (Lipinski definition) is 2. The monoisotopic (exact) mass is 275 g/mol. The quantitative estimate of drug-likeness (QED) is 0.834. The van der Waals surface area contributed by atoms with Gasteiger partial charge in [-0.05, 0) is 25.0 Å². The van der Waals surface area contributed by atoms with Crippen LogP contribution in [0.25, 0.3) is 0 Å². The number of carbonyl (C=O) groups excluding carboxylic acids is 1. The molecular weight excluding hydrogens is 261 g/mol. The van der Waals surface area contributed by atoms with E-state index in [0.717, 1.165) is 0 Å². The van der Waals surface area contributed by atoms with Crippen molar-refractivity contribution in [2.75, 3.05) is 5.32 Å². The molecule has 0 aliphatic heterocycles. The van der Waals surface area contributed by atoms with Crippen LogP contribution in [0, 0.1) is 5.92 Å². The third-order valence-electron chi connectivity index (χ3n) is 2.75. The van der Waals surface area contributed by atoms with Crippen LogP contribution in [0.5, 0.6) is 0 Å². The molecule has 0 unspecified atom stereocenters. The molecule has 0 bridgehead atoms. The third-order valence-corrected chi connectivity index (χ3v) is 3.25. The maximum atomic E-state index is 12.0. The van der Waals surface area contributed by atoms with E-state index < -0.39 is 5.54 Å². The van der Waals surface area contributed by atoms with Gasteiger partial charge in [-0.25, -0.2) is 4.98 Å². The molecule has 0 aliphatic rings. The number of nitrogens with two attached hydrogens (primary N) is 1. The summed E-state index contributed by atoms with van der Waals surface area (Å²) in [5.74, 6) is -0.306. The molecule has 3 N–H and O–H groups in total. The first-order chi connectivity index (χ1) is 7.75. The molecule has 0 spiro atoms. The summed E-state index contributed by atoms with van der Waals surface area (Å²) in [5.41, 5.74) is 5.36. The van der Waals surface area contributed by atoms with Gasteiger partial charge < -0.3 is 11.1 Å². The van der Waals surface area contributed by atoms with Gasteiger partial charge in [-0.2, -0.15) is 0 Å². The van der Waals surface area contributed by atoms with Crippen molar-refractivity contribution in [2.45, 2.75) is 26.3 Å². The lowest BCUT2D eigenvalue weighted by Gasteiger charge is -2.27. The van der Waals surface area contributed by atoms with Crippen LogP contribution >= 0.6 is 23.2 Å². The second kappa shape index (κ2) is 5.21. The third kappa shape index (κ3) is 3.31. The molecule has 94 valence electrons. The van der Waals surface area contributed by atoms with Crippen molar-refractivity contribution >= 4 is 34.8 Å². The fraction of sp³-hybridized carbons (Fsp3) is 0.455. The minimum absolute atomic E-state index is 0.00142. The lowest BCUT2D eigenvalue weighted by Crippen LogP contribution is -2.52. The Labute approximate surface area is 110 Å². The number of hydrogen-bond acceptors (Lipinski definition) is 3. The van der Waals surface area contributed by atoms with Crippen LogP contribution in [-0.4, -0.2) is 16.4 Å².